The van der Waals surface area contributed by atoms with E-state index in [1.54, 1.807) is 12.1 Å². The molecular formula is C28H18O4. The van der Waals surface area contributed by atoms with E-state index in [9.17, 15) is 9.59 Å². The van der Waals surface area contributed by atoms with Gasteiger partial charge in [-0.2, -0.15) is 0 Å². The van der Waals surface area contributed by atoms with Crippen LogP contribution in [0.25, 0.3) is 0 Å². The second kappa shape index (κ2) is 6.66. The van der Waals surface area contributed by atoms with E-state index in [4.69, 9.17) is 9.47 Å². The lowest BCUT2D eigenvalue weighted by Gasteiger charge is -2.42. The molecule has 32 heavy (non-hydrogen) atoms. The molecule has 154 valence electrons. The maximum atomic E-state index is 14.0. The van der Waals surface area contributed by atoms with Crippen molar-refractivity contribution in [1.29, 1.82) is 0 Å². The van der Waals surface area contributed by atoms with E-state index in [2.05, 4.69) is 0 Å². The van der Waals surface area contributed by atoms with E-state index in [-0.39, 0.29) is 0 Å². The highest BCUT2D eigenvalue weighted by Gasteiger charge is 2.72. The Balaban J connectivity index is 1.85. The van der Waals surface area contributed by atoms with E-state index in [1.807, 2.05) is 97.1 Å². The van der Waals surface area contributed by atoms with Crippen LogP contribution in [0.5, 0.6) is 11.5 Å². The smallest absolute Gasteiger partial charge is 0.328 e. The minimum Gasteiger partial charge on any atom is -0.425 e. The monoisotopic (exact) mass is 418 g/mol. The predicted octanol–water partition coefficient (Wildman–Crippen LogP) is 4.80. The minimum absolute atomic E-state index is 0.453. The van der Waals surface area contributed by atoms with Crippen molar-refractivity contribution in [3.05, 3.63) is 131 Å². The van der Waals surface area contributed by atoms with E-state index in [1.165, 1.54) is 0 Å². The van der Waals surface area contributed by atoms with Crippen LogP contribution in [0.1, 0.15) is 22.3 Å². The van der Waals surface area contributed by atoms with Crippen LogP contribution >= 0.6 is 0 Å². The van der Waals surface area contributed by atoms with Gasteiger partial charge in [0.1, 0.15) is 22.3 Å². The largest absolute Gasteiger partial charge is 0.425 e. The average Bonchev–Trinajstić information content (AvgIpc) is 3.31. The fourth-order valence-electron chi connectivity index (χ4n) is 5.37. The van der Waals surface area contributed by atoms with Gasteiger partial charge in [-0.05, 0) is 23.3 Å². The zero-order valence-corrected chi connectivity index (χ0v) is 17.0. The summed E-state index contributed by atoms with van der Waals surface area (Å²) < 4.78 is 11.7. The third-order valence-corrected chi connectivity index (χ3v) is 6.58. The van der Waals surface area contributed by atoms with Crippen molar-refractivity contribution in [2.24, 2.45) is 0 Å². The van der Waals surface area contributed by atoms with E-state index in [0.29, 0.717) is 33.8 Å². The Morgan fingerprint density at radius 3 is 1.19 bits per heavy atom. The quantitative estimate of drug-likeness (QED) is 0.354. The number of carbonyl (C=O) groups is 2. The van der Waals surface area contributed by atoms with Crippen LogP contribution in [-0.4, -0.2) is 11.9 Å². The third kappa shape index (κ3) is 2.11. The van der Waals surface area contributed by atoms with Gasteiger partial charge < -0.3 is 9.47 Å². The predicted molar refractivity (Wildman–Crippen MR) is 119 cm³/mol. The van der Waals surface area contributed by atoms with Gasteiger partial charge in [-0.3, -0.25) is 9.59 Å². The summed E-state index contributed by atoms with van der Waals surface area (Å²) in [6.45, 7) is 0. The molecule has 0 aliphatic carbocycles. The van der Waals surface area contributed by atoms with Crippen LogP contribution < -0.4 is 9.47 Å². The van der Waals surface area contributed by atoms with Crippen molar-refractivity contribution in [2.75, 3.05) is 0 Å². The van der Waals surface area contributed by atoms with Crippen LogP contribution in [0.15, 0.2) is 109 Å². The number of hydrogen-bond donors (Lipinski definition) is 0. The molecule has 0 radical (unpaired) electrons. The summed E-state index contributed by atoms with van der Waals surface area (Å²) in [6, 6.07) is 33.4. The molecule has 4 aromatic rings. The van der Waals surface area contributed by atoms with Crippen molar-refractivity contribution in [1.82, 2.24) is 0 Å². The van der Waals surface area contributed by atoms with Gasteiger partial charge >= 0.3 is 11.9 Å². The van der Waals surface area contributed by atoms with Gasteiger partial charge in [0, 0.05) is 11.1 Å². The zero-order valence-electron chi connectivity index (χ0n) is 17.0. The standard InChI is InChI=1S/C28H18O4/c29-25-27(19-11-3-1-4-12-19,21-15-7-9-17-23(21)31-25)28(20-13-5-2-6-14-20)22-16-8-10-18-24(22)32-26(28)30/h1-18H/t27-,28+. The molecule has 0 amide bonds. The van der Waals surface area contributed by atoms with Gasteiger partial charge in [-0.15, -0.1) is 0 Å². The van der Waals surface area contributed by atoms with Crippen molar-refractivity contribution in [3.63, 3.8) is 0 Å². The number of benzene rings is 4. The third-order valence-electron chi connectivity index (χ3n) is 6.58. The molecule has 0 spiro atoms. The summed E-state index contributed by atoms with van der Waals surface area (Å²) in [5.74, 6) is -0.0903. The molecule has 2 aliphatic heterocycles. The second-order valence-corrected chi connectivity index (χ2v) is 8.00. The van der Waals surface area contributed by atoms with Crippen molar-refractivity contribution >= 4 is 11.9 Å². The Labute approximate surface area is 185 Å². The second-order valence-electron chi connectivity index (χ2n) is 8.00. The summed E-state index contributed by atoms with van der Waals surface area (Å²) >= 11 is 0. The summed E-state index contributed by atoms with van der Waals surface area (Å²) in [4.78, 5) is 28.1. The Hall–Kier alpha value is -4.18. The molecule has 0 aromatic heterocycles. The summed E-state index contributed by atoms with van der Waals surface area (Å²) in [6.07, 6.45) is 0. The first-order chi connectivity index (χ1) is 15.7. The molecule has 2 atom stereocenters. The normalized spacial score (nSPS) is 23.2. The fraction of sp³-hybridized carbons (Fsp3) is 0.0714. The van der Waals surface area contributed by atoms with Crippen molar-refractivity contribution in [3.8, 4) is 11.5 Å². The Kier molecular flexibility index (Phi) is 3.87. The van der Waals surface area contributed by atoms with Gasteiger partial charge in [-0.1, -0.05) is 97.1 Å². The first kappa shape index (κ1) is 18.6. The SMILES string of the molecule is O=C1Oc2ccccc2[C@]1(c1ccccc1)[C@@]1(c2ccccc2)C(=O)Oc2ccccc21. The van der Waals surface area contributed by atoms with Crippen molar-refractivity contribution in [2.45, 2.75) is 10.8 Å². The van der Waals surface area contributed by atoms with Gasteiger partial charge in [0.2, 0.25) is 0 Å². The van der Waals surface area contributed by atoms with E-state index in [0.717, 1.165) is 0 Å². The lowest BCUT2D eigenvalue weighted by Crippen LogP contribution is -2.58. The molecule has 4 nitrogen and oxygen atoms in total. The molecule has 0 unspecified atom stereocenters. The minimum atomic E-state index is -1.46. The molecule has 4 heteroatoms. The molecule has 0 N–H and O–H groups in total. The fourth-order valence-corrected chi connectivity index (χ4v) is 5.37. The Morgan fingerprint density at radius 2 is 0.781 bits per heavy atom. The number of fused-ring (bicyclic) bond motifs is 2. The average molecular weight is 418 g/mol. The van der Waals surface area contributed by atoms with Gasteiger partial charge in [0.15, 0.2) is 0 Å². The lowest BCUT2D eigenvalue weighted by molar-refractivity contribution is -0.147. The molecule has 2 heterocycles. The van der Waals surface area contributed by atoms with Crippen LogP contribution in [0.4, 0.5) is 0 Å². The molecular weight excluding hydrogens is 400 g/mol. The summed E-state index contributed by atoms with van der Waals surface area (Å²) in [5, 5.41) is 0. The zero-order chi connectivity index (χ0) is 21.8. The first-order valence-electron chi connectivity index (χ1n) is 10.5. The van der Waals surface area contributed by atoms with Crippen molar-refractivity contribution < 1.29 is 19.1 Å². The maximum absolute atomic E-state index is 14.0. The number of ether oxygens (including phenoxy) is 2. The van der Waals surface area contributed by atoms with Gasteiger partial charge in [0.05, 0.1) is 0 Å². The number of hydrogen-bond acceptors (Lipinski definition) is 4. The summed E-state index contributed by atoms with van der Waals surface area (Å²) in [5.41, 5.74) is -0.284. The molecule has 6 rings (SSSR count). The van der Waals surface area contributed by atoms with Crippen LogP contribution in [0.2, 0.25) is 0 Å². The molecule has 0 saturated carbocycles. The number of rotatable bonds is 3. The molecule has 4 aromatic carbocycles. The van der Waals surface area contributed by atoms with Crippen LogP contribution in [0, 0.1) is 0 Å². The highest BCUT2D eigenvalue weighted by Crippen LogP contribution is 2.62. The molecule has 0 fully saturated rings. The number of esters is 2. The lowest BCUT2D eigenvalue weighted by atomic mass is 9.52. The van der Waals surface area contributed by atoms with Crippen LogP contribution in [0.3, 0.4) is 0 Å². The highest BCUT2D eigenvalue weighted by molar-refractivity contribution is 6.08. The van der Waals surface area contributed by atoms with E-state index >= 15 is 0 Å². The first-order valence-corrected chi connectivity index (χ1v) is 10.5. The van der Waals surface area contributed by atoms with E-state index < -0.39 is 22.8 Å². The van der Waals surface area contributed by atoms with Gasteiger partial charge in [0.25, 0.3) is 0 Å². The number of carbonyl (C=O) groups excluding carboxylic acids is 2. The summed E-state index contributed by atoms with van der Waals surface area (Å²) in [7, 11) is 0. The molecule has 2 aliphatic rings. The highest BCUT2D eigenvalue weighted by atomic mass is 16.6. The van der Waals surface area contributed by atoms with Crippen LogP contribution in [-0.2, 0) is 20.4 Å². The molecule has 0 saturated heterocycles. The Morgan fingerprint density at radius 1 is 0.438 bits per heavy atom. The Bertz CT molecular complexity index is 1260. The molecule has 0 bridgehead atoms. The number of para-hydroxylation sites is 2. The topological polar surface area (TPSA) is 52.6 Å². The maximum Gasteiger partial charge on any atom is 0.328 e. The van der Waals surface area contributed by atoms with Gasteiger partial charge in [-0.25, -0.2) is 0 Å².